The van der Waals surface area contributed by atoms with Crippen molar-refractivity contribution in [1.82, 2.24) is 19.5 Å². The zero-order valence-corrected chi connectivity index (χ0v) is 13.3. The molecule has 7 nitrogen and oxygen atoms in total. The highest BCUT2D eigenvalue weighted by atomic mass is 16.1. The maximum Gasteiger partial charge on any atom is 0.328 e. The van der Waals surface area contributed by atoms with Crippen LogP contribution in [0, 0.1) is 0 Å². The fourth-order valence-electron chi connectivity index (χ4n) is 3.40. The van der Waals surface area contributed by atoms with E-state index < -0.39 is 0 Å². The third-order valence-corrected chi connectivity index (χ3v) is 4.53. The van der Waals surface area contributed by atoms with Gasteiger partial charge in [0, 0.05) is 6.54 Å². The van der Waals surface area contributed by atoms with Gasteiger partial charge in [0.15, 0.2) is 5.65 Å². The second kappa shape index (κ2) is 6.09. The molecule has 1 aromatic carbocycles. The Balaban J connectivity index is 1.76. The Bertz CT molecular complexity index is 928. The summed E-state index contributed by atoms with van der Waals surface area (Å²) in [6, 6.07) is 8.31. The molecule has 0 amide bonds. The first-order valence-corrected chi connectivity index (χ1v) is 8.27. The molecule has 2 aromatic heterocycles. The molecular weight excluding hydrogens is 304 g/mol. The highest BCUT2D eigenvalue weighted by Gasteiger charge is 2.27. The number of nitrogens with two attached hydrogens (primary N) is 1. The van der Waals surface area contributed by atoms with Crippen LogP contribution in [0.3, 0.4) is 0 Å². The molecule has 3 aromatic rings. The lowest BCUT2D eigenvalue weighted by molar-refractivity contribution is 0.574. The summed E-state index contributed by atoms with van der Waals surface area (Å²) in [5.74, 6) is 0.523. The molecule has 0 spiro atoms. The molecular formula is C17H20N6O. The van der Waals surface area contributed by atoms with Gasteiger partial charge < -0.3 is 16.0 Å². The number of aryl methyl sites for hydroxylation is 1. The zero-order chi connectivity index (χ0) is 16.5. The molecule has 4 N–H and O–H groups in total. The molecule has 24 heavy (non-hydrogen) atoms. The molecule has 0 aliphatic heterocycles. The lowest BCUT2D eigenvalue weighted by atomic mass is 10.1. The first-order valence-electron chi connectivity index (χ1n) is 8.27. The van der Waals surface area contributed by atoms with Gasteiger partial charge in [-0.1, -0.05) is 24.3 Å². The van der Waals surface area contributed by atoms with Gasteiger partial charge in [-0.25, -0.2) is 9.78 Å². The van der Waals surface area contributed by atoms with Gasteiger partial charge in [0.1, 0.15) is 5.52 Å². The van der Waals surface area contributed by atoms with Crippen molar-refractivity contribution >= 4 is 17.1 Å². The summed E-state index contributed by atoms with van der Waals surface area (Å²) in [6.07, 6.45) is 4.39. The van der Waals surface area contributed by atoms with Crippen LogP contribution in [0.15, 0.2) is 35.3 Å². The van der Waals surface area contributed by atoms with Crippen molar-refractivity contribution < 1.29 is 0 Å². The molecule has 0 radical (unpaired) electrons. The molecule has 0 fully saturated rings. The first kappa shape index (κ1) is 14.9. The minimum Gasteiger partial charge on any atom is -0.354 e. The van der Waals surface area contributed by atoms with Gasteiger partial charge in [0.2, 0.25) is 5.95 Å². The SMILES string of the molecule is NCCCNc1ncc2[nH]c(=O)n(C3CCc4ccccc43)c2n1. The summed E-state index contributed by atoms with van der Waals surface area (Å²) in [4.78, 5) is 24.2. The summed E-state index contributed by atoms with van der Waals surface area (Å²) >= 11 is 0. The normalized spacial score (nSPS) is 16.5. The lowest BCUT2D eigenvalue weighted by Gasteiger charge is -2.13. The maximum absolute atomic E-state index is 12.5. The van der Waals surface area contributed by atoms with Crippen LogP contribution in [0.4, 0.5) is 5.95 Å². The minimum atomic E-state index is -0.139. The van der Waals surface area contributed by atoms with E-state index in [9.17, 15) is 4.79 Å². The molecule has 0 saturated heterocycles. The number of hydrogen-bond donors (Lipinski definition) is 3. The second-order valence-electron chi connectivity index (χ2n) is 6.05. The maximum atomic E-state index is 12.5. The van der Waals surface area contributed by atoms with Gasteiger partial charge in [-0.3, -0.25) is 4.57 Å². The van der Waals surface area contributed by atoms with E-state index in [1.54, 1.807) is 10.8 Å². The summed E-state index contributed by atoms with van der Waals surface area (Å²) in [7, 11) is 0. The van der Waals surface area contributed by atoms with Crippen LogP contribution in [0.5, 0.6) is 0 Å². The average molecular weight is 324 g/mol. The highest BCUT2D eigenvalue weighted by Crippen LogP contribution is 2.34. The van der Waals surface area contributed by atoms with Gasteiger partial charge in [0.05, 0.1) is 12.2 Å². The lowest BCUT2D eigenvalue weighted by Crippen LogP contribution is -2.22. The van der Waals surface area contributed by atoms with E-state index in [2.05, 4.69) is 32.4 Å². The van der Waals surface area contributed by atoms with Crippen LogP contribution >= 0.6 is 0 Å². The van der Waals surface area contributed by atoms with Crippen LogP contribution < -0.4 is 16.7 Å². The van der Waals surface area contributed by atoms with Gasteiger partial charge in [-0.05, 0) is 36.9 Å². The van der Waals surface area contributed by atoms with E-state index in [0.717, 1.165) is 19.3 Å². The highest BCUT2D eigenvalue weighted by molar-refractivity contribution is 5.71. The molecule has 2 heterocycles. The number of nitrogens with zero attached hydrogens (tertiary/aromatic N) is 3. The van der Waals surface area contributed by atoms with E-state index in [1.165, 1.54) is 11.1 Å². The Kier molecular flexibility index (Phi) is 3.78. The monoisotopic (exact) mass is 324 g/mol. The number of hydrogen-bond acceptors (Lipinski definition) is 5. The van der Waals surface area contributed by atoms with Crippen molar-refractivity contribution in [2.75, 3.05) is 18.4 Å². The molecule has 1 atom stereocenters. The minimum absolute atomic E-state index is 0.0224. The molecule has 124 valence electrons. The predicted octanol–water partition coefficient (Wildman–Crippen LogP) is 1.42. The van der Waals surface area contributed by atoms with Gasteiger partial charge in [0.25, 0.3) is 0 Å². The largest absolute Gasteiger partial charge is 0.354 e. The number of imidazole rings is 1. The molecule has 1 aliphatic carbocycles. The fourth-order valence-corrected chi connectivity index (χ4v) is 3.40. The van der Waals surface area contributed by atoms with Gasteiger partial charge >= 0.3 is 5.69 Å². The van der Waals surface area contributed by atoms with Gasteiger partial charge in [-0.2, -0.15) is 4.98 Å². The summed E-state index contributed by atoms with van der Waals surface area (Å²) in [5.41, 5.74) is 9.18. The van der Waals surface area contributed by atoms with Crippen LogP contribution in [0.25, 0.3) is 11.2 Å². The van der Waals surface area contributed by atoms with E-state index >= 15 is 0 Å². The van der Waals surface area contributed by atoms with Crippen molar-refractivity contribution in [3.05, 3.63) is 52.1 Å². The Labute approximate surface area is 138 Å². The average Bonchev–Trinajstić information content (AvgIpc) is 3.15. The van der Waals surface area contributed by atoms with E-state index in [1.807, 2.05) is 12.1 Å². The van der Waals surface area contributed by atoms with Crippen molar-refractivity contribution in [3.63, 3.8) is 0 Å². The van der Waals surface area contributed by atoms with Crippen molar-refractivity contribution in [2.24, 2.45) is 5.73 Å². The molecule has 0 bridgehead atoms. The molecule has 1 unspecified atom stereocenters. The van der Waals surface area contributed by atoms with Crippen molar-refractivity contribution in [2.45, 2.75) is 25.3 Å². The van der Waals surface area contributed by atoms with E-state index in [0.29, 0.717) is 30.2 Å². The molecule has 7 heteroatoms. The molecule has 1 aliphatic rings. The standard InChI is InChI=1S/C17H20N6O/c18-8-3-9-19-16-20-10-13-15(22-16)23(17(24)21-13)14-7-6-11-4-1-2-5-12(11)14/h1-2,4-5,10,14H,3,6-9,18H2,(H,21,24)(H,19,20,22). The quantitative estimate of drug-likeness (QED) is 0.616. The smallest absolute Gasteiger partial charge is 0.328 e. The van der Waals surface area contributed by atoms with Crippen molar-refractivity contribution in [3.8, 4) is 0 Å². The summed E-state index contributed by atoms with van der Waals surface area (Å²) in [5, 5.41) is 3.15. The third-order valence-electron chi connectivity index (χ3n) is 4.53. The van der Waals surface area contributed by atoms with Crippen molar-refractivity contribution in [1.29, 1.82) is 0 Å². The number of rotatable bonds is 5. The molecule has 0 saturated carbocycles. The fraction of sp³-hybridized carbons (Fsp3) is 0.353. The van der Waals surface area contributed by atoms with Crippen LogP contribution in [-0.4, -0.2) is 32.6 Å². The second-order valence-corrected chi connectivity index (χ2v) is 6.05. The zero-order valence-electron chi connectivity index (χ0n) is 13.3. The molecule has 4 rings (SSSR count). The van der Waals surface area contributed by atoms with Crippen LogP contribution in [0.2, 0.25) is 0 Å². The predicted molar refractivity (Wildman–Crippen MR) is 93.2 cm³/mol. The number of fused-ring (bicyclic) bond motifs is 2. The third kappa shape index (κ3) is 2.46. The topological polar surface area (TPSA) is 102 Å². The Morgan fingerprint density at radius 3 is 3.12 bits per heavy atom. The number of aromatic amines is 1. The number of aromatic nitrogens is 4. The van der Waals surface area contributed by atoms with Gasteiger partial charge in [-0.15, -0.1) is 0 Å². The van der Waals surface area contributed by atoms with E-state index in [-0.39, 0.29) is 11.7 Å². The number of nitrogens with one attached hydrogen (secondary N) is 2. The number of benzene rings is 1. The first-order chi connectivity index (χ1) is 11.8. The van der Waals surface area contributed by atoms with Crippen LogP contribution in [-0.2, 0) is 6.42 Å². The summed E-state index contributed by atoms with van der Waals surface area (Å²) < 4.78 is 1.76. The summed E-state index contributed by atoms with van der Waals surface area (Å²) in [6.45, 7) is 1.33. The number of H-pyrrole nitrogens is 1. The van der Waals surface area contributed by atoms with Crippen LogP contribution in [0.1, 0.15) is 30.0 Å². The Morgan fingerprint density at radius 1 is 1.38 bits per heavy atom. The van der Waals surface area contributed by atoms with E-state index in [4.69, 9.17) is 5.73 Å². The number of anilines is 1. The Morgan fingerprint density at radius 2 is 2.25 bits per heavy atom. The Hall–Kier alpha value is -2.67.